The third kappa shape index (κ3) is 5.15. The lowest BCUT2D eigenvalue weighted by atomic mass is 9.95. The van der Waals surface area contributed by atoms with E-state index in [0.29, 0.717) is 23.6 Å². The fourth-order valence-corrected chi connectivity index (χ4v) is 4.53. The highest BCUT2D eigenvalue weighted by atomic mass is 35.5. The summed E-state index contributed by atoms with van der Waals surface area (Å²) in [7, 11) is 1.66. The van der Waals surface area contributed by atoms with Crippen molar-refractivity contribution in [3.8, 4) is 0 Å². The van der Waals surface area contributed by atoms with Crippen molar-refractivity contribution in [1.82, 2.24) is 15.1 Å². The minimum atomic E-state index is -4.89. The summed E-state index contributed by atoms with van der Waals surface area (Å²) in [5.41, 5.74) is -1.13. The van der Waals surface area contributed by atoms with Gasteiger partial charge in [-0.15, -0.1) is 0 Å². The van der Waals surface area contributed by atoms with Crippen LogP contribution in [0.5, 0.6) is 0 Å². The lowest BCUT2D eigenvalue weighted by Gasteiger charge is -2.19. The number of rotatable bonds is 5. The predicted octanol–water partition coefficient (Wildman–Crippen LogP) is 6.20. The van der Waals surface area contributed by atoms with Gasteiger partial charge in [-0.05, 0) is 48.5 Å². The number of aromatic nitrogens is 2. The molecule has 0 fully saturated rings. The van der Waals surface area contributed by atoms with E-state index >= 15 is 0 Å². The van der Waals surface area contributed by atoms with Crippen LogP contribution in [0.3, 0.4) is 0 Å². The Hall–Kier alpha value is -4.45. The van der Waals surface area contributed by atoms with Gasteiger partial charge in [0.25, 0.3) is 11.8 Å². The van der Waals surface area contributed by atoms with Crippen molar-refractivity contribution in [1.29, 1.82) is 0 Å². The van der Waals surface area contributed by atoms with Gasteiger partial charge < -0.3 is 16.0 Å². The first-order chi connectivity index (χ1) is 18.4. The van der Waals surface area contributed by atoms with Crippen LogP contribution in [0.15, 0.2) is 60.8 Å². The lowest BCUT2D eigenvalue weighted by molar-refractivity contribution is -0.137. The number of halogens is 6. The minimum Gasteiger partial charge on any atom is -0.341 e. The number of amides is 2. The van der Waals surface area contributed by atoms with Crippen LogP contribution in [-0.2, 0) is 13.2 Å². The molecule has 13 heteroatoms. The number of hydrogen-bond donors (Lipinski definition) is 3. The van der Waals surface area contributed by atoms with Gasteiger partial charge in [-0.1, -0.05) is 11.6 Å². The molecule has 0 unspecified atom stereocenters. The second kappa shape index (κ2) is 9.70. The van der Waals surface area contributed by atoms with Gasteiger partial charge in [-0.3, -0.25) is 14.3 Å². The minimum absolute atomic E-state index is 0.00339. The topological polar surface area (TPSA) is 88.1 Å². The van der Waals surface area contributed by atoms with Crippen LogP contribution in [0.1, 0.15) is 43.4 Å². The normalized spacial score (nSPS) is 14.6. The fourth-order valence-electron chi connectivity index (χ4n) is 4.30. The van der Waals surface area contributed by atoms with E-state index in [-0.39, 0.29) is 33.5 Å². The largest absolute Gasteiger partial charge is 0.416 e. The van der Waals surface area contributed by atoms with Gasteiger partial charge in [0.15, 0.2) is 0 Å². The molecule has 0 aliphatic carbocycles. The van der Waals surface area contributed by atoms with Crippen LogP contribution in [0.2, 0.25) is 5.02 Å². The smallest absolute Gasteiger partial charge is 0.341 e. The summed E-state index contributed by atoms with van der Waals surface area (Å²) in [5.74, 6) is -2.99. The maximum atomic E-state index is 14.1. The van der Waals surface area contributed by atoms with Crippen LogP contribution in [0.25, 0.3) is 0 Å². The van der Waals surface area contributed by atoms with Gasteiger partial charge >= 0.3 is 6.18 Å². The molecule has 1 aromatic heterocycles. The summed E-state index contributed by atoms with van der Waals surface area (Å²) >= 11 is 6.29. The lowest BCUT2D eigenvalue weighted by Crippen LogP contribution is -2.21. The van der Waals surface area contributed by atoms with Crippen LogP contribution in [0, 0.1) is 11.6 Å². The van der Waals surface area contributed by atoms with E-state index in [0.717, 1.165) is 12.1 Å². The van der Waals surface area contributed by atoms with Gasteiger partial charge in [0, 0.05) is 51.8 Å². The zero-order valence-electron chi connectivity index (χ0n) is 19.8. The number of fused-ring (bicyclic) bond motifs is 1. The number of alkyl halides is 3. The van der Waals surface area contributed by atoms with Crippen molar-refractivity contribution >= 4 is 40.6 Å². The quantitative estimate of drug-likeness (QED) is 0.253. The van der Waals surface area contributed by atoms with Crippen molar-refractivity contribution < 1.29 is 31.5 Å². The Kier molecular flexibility index (Phi) is 6.51. The maximum Gasteiger partial charge on any atom is 0.416 e. The highest BCUT2D eigenvalue weighted by Crippen LogP contribution is 2.41. The van der Waals surface area contributed by atoms with E-state index in [1.165, 1.54) is 29.1 Å². The second-order valence-electron chi connectivity index (χ2n) is 8.70. The Bertz CT molecular complexity index is 1640. The van der Waals surface area contributed by atoms with Crippen LogP contribution >= 0.6 is 11.6 Å². The molecular formula is C26H17ClF5N5O2. The first-order valence-corrected chi connectivity index (χ1v) is 11.7. The van der Waals surface area contributed by atoms with Crippen molar-refractivity contribution in [2.45, 2.75) is 12.2 Å². The third-order valence-electron chi connectivity index (χ3n) is 6.09. The van der Waals surface area contributed by atoms with Crippen molar-refractivity contribution in [3.05, 3.63) is 105 Å². The first kappa shape index (κ1) is 26.2. The number of nitrogens with zero attached hydrogens (tertiary/aromatic N) is 2. The summed E-state index contributed by atoms with van der Waals surface area (Å²) in [6.45, 7) is 0. The molecule has 2 amide bonds. The fraction of sp³-hybridized carbons (Fsp3) is 0.115. The summed E-state index contributed by atoms with van der Waals surface area (Å²) in [5, 5.41) is 12.4. The molecule has 0 saturated carbocycles. The first-order valence-electron chi connectivity index (χ1n) is 11.3. The number of nitrogens with one attached hydrogen (secondary N) is 3. The number of carbonyl (C=O) groups excluding carboxylic acids is 2. The number of hydrogen-bond acceptors (Lipinski definition) is 4. The molecule has 3 aromatic carbocycles. The standard InChI is InChI=1S/C26H17ClF5N5O2/c1-37-21(4-5-33-37)34-16-10-18-22(23(36-25(18)39)17-9-14(28)2-3-19(17)27)20(11-16)35-24(38)12-6-13(26(30,31)32)8-15(29)7-12/h2-11,23,34H,1H3,(H,35,38)(H,36,39)/t23-/m0/s1. The summed E-state index contributed by atoms with van der Waals surface area (Å²) in [6.07, 6.45) is -3.36. The molecule has 4 aromatic rings. The predicted molar refractivity (Wildman–Crippen MR) is 133 cm³/mol. The zero-order valence-corrected chi connectivity index (χ0v) is 20.6. The summed E-state index contributed by atoms with van der Waals surface area (Å²) < 4.78 is 69.3. The summed E-state index contributed by atoms with van der Waals surface area (Å²) in [6, 6.07) is 8.58. The monoisotopic (exact) mass is 561 g/mol. The number of carbonyl (C=O) groups is 2. The Morgan fingerprint density at radius 2 is 1.82 bits per heavy atom. The van der Waals surface area contributed by atoms with E-state index in [9.17, 15) is 31.5 Å². The molecule has 1 atom stereocenters. The van der Waals surface area contributed by atoms with Crippen LogP contribution in [-0.4, -0.2) is 21.6 Å². The van der Waals surface area contributed by atoms with E-state index in [1.54, 1.807) is 13.1 Å². The molecule has 0 bridgehead atoms. The summed E-state index contributed by atoms with van der Waals surface area (Å²) in [4.78, 5) is 26.1. The molecule has 0 spiro atoms. The number of benzene rings is 3. The van der Waals surface area contributed by atoms with Gasteiger partial charge in [-0.25, -0.2) is 8.78 Å². The highest BCUT2D eigenvalue weighted by Gasteiger charge is 2.36. The number of anilines is 3. The maximum absolute atomic E-state index is 14.1. The molecular weight excluding hydrogens is 545 g/mol. The average Bonchev–Trinajstić information content (AvgIpc) is 3.42. The van der Waals surface area contributed by atoms with Crippen LogP contribution < -0.4 is 16.0 Å². The molecule has 1 aliphatic rings. The highest BCUT2D eigenvalue weighted by molar-refractivity contribution is 6.31. The van der Waals surface area contributed by atoms with E-state index in [4.69, 9.17) is 11.6 Å². The van der Waals surface area contributed by atoms with Crippen molar-refractivity contribution in [2.24, 2.45) is 7.05 Å². The van der Waals surface area contributed by atoms with E-state index in [2.05, 4.69) is 21.0 Å². The third-order valence-corrected chi connectivity index (χ3v) is 6.43. The molecule has 5 rings (SSSR count). The van der Waals surface area contributed by atoms with Gasteiger partial charge in [-0.2, -0.15) is 18.3 Å². The zero-order chi connectivity index (χ0) is 28.1. The Morgan fingerprint density at radius 1 is 1.05 bits per heavy atom. The van der Waals surface area contributed by atoms with Gasteiger partial charge in [0.1, 0.15) is 17.5 Å². The molecule has 0 saturated heterocycles. The number of aryl methyl sites for hydroxylation is 1. The van der Waals surface area contributed by atoms with E-state index in [1.807, 2.05) is 0 Å². The molecule has 200 valence electrons. The van der Waals surface area contributed by atoms with Gasteiger partial charge in [0.05, 0.1) is 17.8 Å². The molecule has 7 nitrogen and oxygen atoms in total. The average molecular weight is 562 g/mol. The Morgan fingerprint density at radius 3 is 2.51 bits per heavy atom. The van der Waals surface area contributed by atoms with Crippen molar-refractivity contribution in [2.75, 3.05) is 10.6 Å². The van der Waals surface area contributed by atoms with Gasteiger partial charge in [0.2, 0.25) is 0 Å². The molecule has 3 N–H and O–H groups in total. The SMILES string of the molecule is Cn1nccc1Nc1cc(NC(=O)c2cc(F)cc(C(F)(F)F)c2)c2c(c1)C(=O)N[C@H]2c1cc(F)ccc1Cl. The molecule has 39 heavy (non-hydrogen) atoms. The second-order valence-corrected chi connectivity index (χ2v) is 9.11. The van der Waals surface area contributed by atoms with Crippen molar-refractivity contribution in [3.63, 3.8) is 0 Å². The molecule has 2 heterocycles. The molecule has 0 radical (unpaired) electrons. The Labute approximate surface area is 222 Å². The van der Waals surface area contributed by atoms with Crippen LogP contribution in [0.4, 0.5) is 39.1 Å². The van der Waals surface area contributed by atoms with E-state index < -0.39 is 46.8 Å². The molecule has 1 aliphatic heterocycles. The Balaban J connectivity index is 1.62.